The minimum atomic E-state index is -3.39. The summed E-state index contributed by atoms with van der Waals surface area (Å²) >= 11 is 0. The van der Waals surface area contributed by atoms with Gasteiger partial charge in [0.25, 0.3) is 15.9 Å². The van der Waals surface area contributed by atoms with Gasteiger partial charge in [-0.2, -0.15) is 0 Å². The Hall–Kier alpha value is -0.620. The third-order valence-electron chi connectivity index (χ3n) is 3.23. The molecule has 1 atom stereocenters. The summed E-state index contributed by atoms with van der Waals surface area (Å²) in [5.41, 5.74) is 0. The Morgan fingerprint density at radius 2 is 2.20 bits per heavy atom. The molecular weight excluding hydrogens is 216 g/mol. The lowest BCUT2D eigenvalue weighted by atomic mass is 10.1. The van der Waals surface area contributed by atoms with Crippen LogP contribution >= 0.6 is 0 Å². The number of rotatable bonds is 2. The van der Waals surface area contributed by atoms with E-state index >= 15 is 0 Å². The van der Waals surface area contributed by atoms with Crippen LogP contribution in [0.5, 0.6) is 0 Å². The fraction of sp³-hybridized carbons (Fsp3) is 0.889. The molecule has 2 saturated heterocycles. The van der Waals surface area contributed by atoms with Gasteiger partial charge in [0.15, 0.2) is 4.75 Å². The lowest BCUT2D eigenvalue weighted by Gasteiger charge is -2.44. The predicted octanol–water partition coefficient (Wildman–Crippen LogP) is -0.311. The van der Waals surface area contributed by atoms with Crippen molar-refractivity contribution in [3.05, 3.63) is 0 Å². The van der Waals surface area contributed by atoms with Crippen LogP contribution in [0, 0.1) is 0 Å². The van der Waals surface area contributed by atoms with Crippen molar-refractivity contribution in [1.82, 2.24) is 9.62 Å². The van der Waals surface area contributed by atoms with Gasteiger partial charge in [-0.15, -0.1) is 0 Å². The van der Waals surface area contributed by atoms with Gasteiger partial charge in [-0.1, -0.05) is 0 Å². The highest BCUT2D eigenvalue weighted by Crippen LogP contribution is 2.35. The molecule has 0 bridgehead atoms. The third kappa shape index (κ3) is 1.38. The third-order valence-corrected chi connectivity index (χ3v) is 5.58. The molecule has 1 amide bonds. The van der Waals surface area contributed by atoms with Gasteiger partial charge in [0.05, 0.1) is 6.54 Å². The molecule has 1 N–H and O–H groups in total. The van der Waals surface area contributed by atoms with Crippen LogP contribution in [0.15, 0.2) is 0 Å². The first-order valence-corrected chi connectivity index (χ1v) is 6.61. The summed E-state index contributed by atoms with van der Waals surface area (Å²) in [7, 11) is -3.39. The summed E-state index contributed by atoms with van der Waals surface area (Å²) in [4.78, 5) is 11.6. The zero-order valence-corrected chi connectivity index (χ0v) is 9.80. The van der Waals surface area contributed by atoms with Crippen LogP contribution in [0.1, 0.15) is 26.7 Å². The maximum absolute atomic E-state index is 11.7. The van der Waals surface area contributed by atoms with Gasteiger partial charge in [0, 0.05) is 6.04 Å². The average molecular weight is 232 g/mol. The van der Waals surface area contributed by atoms with E-state index in [9.17, 15) is 13.2 Å². The summed E-state index contributed by atoms with van der Waals surface area (Å²) < 4.78 is 23.3. The number of hydrogen-bond acceptors (Lipinski definition) is 4. The van der Waals surface area contributed by atoms with Crippen molar-refractivity contribution in [2.45, 2.75) is 37.5 Å². The highest BCUT2D eigenvalue weighted by atomic mass is 32.2. The van der Waals surface area contributed by atoms with Crippen LogP contribution in [0.25, 0.3) is 0 Å². The van der Waals surface area contributed by atoms with E-state index in [1.54, 1.807) is 0 Å². The molecule has 2 fully saturated rings. The molecule has 86 valence electrons. The summed E-state index contributed by atoms with van der Waals surface area (Å²) in [6.07, 6.45) is 2.00. The highest BCUT2D eigenvalue weighted by Gasteiger charge is 2.60. The Morgan fingerprint density at radius 3 is 2.67 bits per heavy atom. The van der Waals surface area contributed by atoms with Crippen molar-refractivity contribution in [1.29, 1.82) is 0 Å². The zero-order valence-electron chi connectivity index (χ0n) is 8.99. The van der Waals surface area contributed by atoms with Gasteiger partial charge in [-0.25, -0.2) is 12.7 Å². The molecular formula is C9H16N2O3S. The smallest absolute Gasteiger partial charge is 0.258 e. The van der Waals surface area contributed by atoms with E-state index in [1.807, 2.05) is 0 Å². The van der Waals surface area contributed by atoms with E-state index in [2.05, 4.69) is 5.32 Å². The largest absolute Gasteiger partial charge is 0.312 e. The molecule has 0 spiro atoms. The van der Waals surface area contributed by atoms with Crippen LogP contribution in [-0.2, 0) is 14.8 Å². The topological polar surface area (TPSA) is 66.5 Å². The molecule has 2 aliphatic heterocycles. The number of nitrogens with zero attached hydrogens (tertiary/aromatic N) is 1. The molecule has 0 aromatic carbocycles. The lowest BCUT2D eigenvalue weighted by Crippen LogP contribution is -2.68. The SMILES string of the molecule is CC1(C)C(=O)N(C[C@H]2CCCN2)S1(=O)=O. The lowest BCUT2D eigenvalue weighted by molar-refractivity contribution is -0.132. The quantitative estimate of drug-likeness (QED) is 0.709. The Labute approximate surface area is 89.9 Å². The second-order valence-corrected chi connectivity index (χ2v) is 7.06. The molecule has 6 heteroatoms. The summed E-state index contributed by atoms with van der Waals surface area (Å²) in [5, 5.41) is 3.18. The number of carbonyl (C=O) groups excluding carboxylic acids is 1. The Morgan fingerprint density at radius 1 is 1.53 bits per heavy atom. The van der Waals surface area contributed by atoms with E-state index < -0.39 is 14.8 Å². The summed E-state index contributed by atoms with van der Waals surface area (Å²) in [6, 6.07) is 0.139. The molecule has 0 radical (unpaired) electrons. The Bertz CT molecular complexity index is 382. The number of hydrogen-bond donors (Lipinski definition) is 1. The van der Waals surface area contributed by atoms with E-state index in [1.165, 1.54) is 13.8 Å². The first-order chi connectivity index (χ1) is 6.87. The van der Waals surface area contributed by atoms with Crippen LogP contribution < -0.4 is 5.32 Å². The summed E-state index contributed by atoms with van der Waals surface area (Å²) in [5.74, 6) is -0.281. The van der Waals surface area contributed by atoms with Crippen molar-refractivity contribution in [2.24, 2.45) is 0 Å². The molecule has 5 nitrogen and oxygen atoms in total. The van der Waals surface area contributed by atoms with Gasteiger partial charge in [-0.05, 0) is 33.2 Å². The first kappa shape index (κ1) is 10.9. The normalized spacial score (nSPS) is 32.8. The minimum absolute atomic E-state index is 0.139. The molecule has 0 aromatic heterocycles. The molecule has 2 heterocycles. The molecule has 0 unspecified atom stereocenters. The van der Waals surface area contributed by atoms with Crippen LogP contribution in [0.4, 0.5) is 0 Å². The minimum Gasteiger partial charge on any atom is -0.312 e. The predicted molar refractivity (Wildman–Crippen MR) is 55.7 cm³/mol. The van der Waals surface area contributed by atoms with Crippen molar-refractivity contribution < 1.29 is 13.2 Å². The molecule has 2 aliphatic rings. The van der Waals surface area contributed by atoms with Crippen molar-refractivity contribution in [3.63, 3.8) is 0 Å². The highest BCUT2D eigenvalue weighted by molar-refractivity contribution is 7.94. The maximum Gasteiger partial charge on any atom is 0.258 e. The maximum atomic E-state index is 11.7. The van der Waals surface area contributed by atoms with E-state index in [0.717, 1.165) is 23.7 Å². The molecule has 0 aliphatic carbocycles. The van der Waals surface area contributed by atoms with E-state index in [-0.39, 0.29) is 11.9 Å². The Kier molecular flexibility index (Phi) is 2.31. The number of amides is 1. The van der Waals surface area contributed by atoms with E-state index in [4.69, 9.17) is 0 Å². The molecule has 0 saturated carbocycles. The van der Waals surface area contributed by atoms with Crippen LogP contribution in [-0.4, -0.2) is 42.5 Å². The van der Waals surface area contributed by atoms with Crippen molar-refractivity contribution in [2.75, 3.05) is 13.1 Å². The summed E-state index contributed by atoms with van der Waals surface area (Å²) in [6.45, 7) is 4.13. The van der Waals surface area contributed by atoms with Crippen molar-refractivity contribution >= 4 is 15.9 Å². The van der Waals surface area contributed by atoms with Gasteiger partial charge < -0.3 is 5.32 Å². The van der Waals surface area contributed by atoms with Crippen LogP contribution in [0.2, 0.25) is 0 Å². The Balaban J connectivity index is 2.09. The molecule has 0 aromatic rings. The monoisotopic (exact) mass is 232 g/mol. The number of sulfonamides is 1. The number of carbonyl (C=O) groups is 1. The first-order valence-electron chi connectivity index (χ1n) is 5.17. The average Bonchev–Trinajstić information content (AvgIpc) is 2.65. The molecule has 15 heavy (non-hydrogen) atoms. The molecule has 2 rings (SSSR count). The standard InChI is InChI=1S/C9H16N2O3S/c1-9(2)8(12)11(15(9,13)14)6-7-4-3-5-10-7/h7,10H,3-6H2,1-2H3/t7-/m1/s1. The zero-order chi connectivity index (χ0) is 11.3. The van der Waals surface area contributed by atoms with Gasteiger partial charge in [-0.3, -0.25) is 4.79 Å². The van der Waals surface area contributed by atoms with Gasteiger partial charge in [0.1, 0.15) is 0 Å². The van der Waals surface area contributed by atoms with Crippen molar-refractivity contribution in [3.8, 4) is 0 Å². The fourth-order valence-corrected chi connectivity index (χ4v) is 3.62. The fourth-order valence-electron chi connectivity index (χ4n) is 2.05. The van der Waals surface area contributed by atoms with Gasteiger partial charge in [0.2, 0.25) is 0 Å². The second kappa shape index (κ2) is 3.18. The van der Waals surface area contributed by atoms with Crippen LogP contribution in [0.3, 0.4) is 0 Å². The second-order valence-electron chi connectivity index (χ2n) is 4.64. The van der Waals surface area contributed by atoms with E-state index in [0.29, 0.717) is 6.54 Å². The van der Waals surface area contributed by atoms with Gasteiger partial charge >= 0.3 is 0 Å². The number of nitrogens with one attached hydrogen (secondary N) is 1.